The van der Waals surface area contributed by atoms with Gasteiger partial charge in [0.1, 0.15) is 0 Å². The third-order valence-corrected chi connectivity index (χ3v) is 3.35. The van der Waals surface area contributed by atoms with Gasteiger partial charge in [-0.2, -0.15) is 0 Å². The summed E-state index contributed by atoms with van der Waals surface area (Å²) in [6.45, 7) is 1.70. The summed E-state index contributed by atoms with van der Waals surface area (Å²) in [6, 6.07) is 12.6. The summed E-state index contributed by atoms with van der Waals surface area (Å²) >= 11 is 3.33. The van der Waals surface area contributed by atoms with E-state index in [1.54, 1.807) is 6.92 Å². The molecular formula is C15H11BrN2O4. The molecule has 0 aliphatic carbocycles. The maximum absolute atomic E-state index is 11.8. The standard InChI is InChI=1S/C15H11BrN2O4/c1-10(11-5-7-13(16)8-6-11)17-22-15(19)12-3-2-4-14(9-12)18(20)21/h2-9H,1H3/b17-10+. The molecule has 0 saturated heterocycles. The highest BCUT2D eigenvalue weighted by molar-refractivity contribution is 9.10. The van der Waals surface area contributed by atoms with Crippen molar-refractivity contribution < 1.29 is 14.6 Å². The molecule has 22 heavy (non-hydrogen) atoms. The molecule has 0 fully saturated rings. The van der Waals surface area contributed by atoms with E-state index in [0.29, 0.717) is 5.71 Å². The number of hydrogen-bond donors (Lipinski definition) is 0. The Balaban J connectivity index is 2.11. The van der Waals surface area contributed by atoms with Gasteiger partial charge in [0.2, 0.25) is 0 Å². The van der Waals surface area contributed by atoms with Gasteiger partial charge in [0, 0.05) is 16.6 Å². The van der Waals surface area contributed by atoms with Gasteiger partial charge in [0.25, 0.3) is 5.69 Å². The summed E-state index contributed by atoms with van der Waals surface area (Å²) in [5.74, 6) is -0.750. The molecule has 0 radical (unpaired) electrons. The molecular weight excluding hydrogens is 352 g/mol. The fourth-order valence-electron chi connectivity index (χ4n) is 1.65. The second-order valence-electron chi connectivity index (χ2n) is 4.37. The van der Waals surface area contributed by atoms with Crippen molar-refractivity contribution in [3.63, 3.8) is 0 Å². The van der Waals surface area contributed by atoms with E-state index in [2.05, 4.69) is 21.1 Å². The zero-order valence-electron chi connectivity index (χ0n) is 11.5. The Kier molecular flexibility index (Phi) is 5.00. The van der Waals surface area contributed by atoms with Gasteiger partial charge in [0.15, 0.2) is 0 Å². The second-order valence-corrected chi connectivity index (χ2v) is 5.29. The minimum absolute atomic E-state index is 0.0709. The van der Waals surface area contributed by atoms with Crippen molar-refractivity contribution in [2.75, 3.05) is 0 Å². The molecule has 0 spiro atoms. The molecule has 0 aliphatic rings. The minimum Gasteiger partial charge on any atom is -0.313 e. The van der Waals surface area contributed by atoms with Crippen LogP contribution in [0.3, 0.4) is 0 Å². The van der Waals surface area contributed by atoms with E-state index in [1.807, 2.05) is 24.3 Å². The average molecular weight is 363 g/mol. The number of halogens is 1. The Hall–Kier alpha value is -2.54. The molecule has 7 heteroatoms. The van der Waals surface area contributed by atoms with Gasteiger partial charge in [-0.25, -0.2) is 4.79 Å². The van der Waals surface area contributed by atoms with E-state index < -0.39 is 10.9 Å². The zero-order chi connectivity index (χ0) is 16.1. The zero-order valence-corrected chi connectivity index (χ0v) is 13.1. The highest BCUT2D eigenvalue weighted by Crippen LogP contribution is 2.15. The van der Waals surface area contributed by atoms with Gasteiger partial charge >= 0.3 is 5.97 Å². The molecule has 0 aromatic heterocycles. The van der Waals surface area contributed by atoms with Gasteiger partial charge < -0.3 is 4.84 Å². The van der Waals surface area contributed by atoms with Gasteiger partial charge in [-0.15, -0.1) is 0 Å². The molecule has 0 unspecified atom stereocenters. The van der Waals surface area contributed by atoms with E-state index in [1.165, 1.54) is 18.2 Å². The Bertz CT molecular complexity index is 741. The highest BCUT2D eigenvalue weighted by atomic mass is 79.9. The molecule has 0 bridgehead atoms. The minimum atomic E-state index is -0.750. The number of carbonyl (C=O) groups excluding carboxylic acids is 1. The number of benzene rings is 2. The smallest absolute Gasteiger partial charge is 0.313 e. The third-order valence-electron chi connectivity index (χ3n) is 2.82. The molecule has 0 heterocycles. The topological polar surface area (TPSA) is 81.8 Å². The van der Waals surface area contributed by atoms with Crippen LogP contribution in [-0.2, 0) is 4.84 Å². The summed E-state index contributed by atoms with van der Waals surface area (Å²) in [6.07, 6.45) is 0. The van der Waals surface area contributed by atoms with E-state index in [9.17, 15) is 14.9 Å². The molecule has 6 nitrogen and oxygen atoms in total. The SMILES string of the molecule is C/C(=N\OC(=O)c1cccc([N+](=O)[O-])c1)c1ccc(Br)cc1. The van der Waals surface area contributed by atoms with Crippen LogP contribution in [0.2, 0.25) is 0 Å². The van der Waals surface area contributed by atoms with Gasteiger partial charge in [-0.1, -0.05) is 39.3 Å². The highest BCUT2D eigenvalue weighted by Gasteiger charge is 2.13. The fourth-order valence-corrected chi connectivity index (χ4v) is 1.92. The first kappa shape index (κ1) is 15.8. The number of nitrogens with zero attached hydrogens (tertiary/aromatic N) is 2. The molecule has 0 aliphatic heterocycles. The van der Waals surface area contributed by atoms with Gasteiger partial charge in [0.05, 0.1) is 16.2 Å². The fraction of sp³-hybridized carbons (Fsp3) is 0.0667. The van der Waals surface area contributed by atoms with E-state index in [0.717, 1.165) is 16.1 Å². The number of oxime groups is 1. The molecule has 2 rings (SSSR count). The maximum Gasteiger partial charge on any atom is 0.365 e. The van der Waals surface area contributed by atoms with Gasteiger partial charge in [-0.05, 0) is 30.7 Å². The molecule has 2 aromatic rings. The number of hydrogen-bond acceptors (Lipinski definition) is 5. The van der Waals surface area contributed by atoms with E-state index in [-0.39, 0.29) is 11.3 Å². The van der Waals surface area contributed by atoms with Crippen molar-refractivity contribution in [1.29, 1.82) is 0 Å². The molecule has 112 valence electrons. The lowest BCUT2D eigenvalue weighted by Gasteiger charge is -2.02. The molecule has 0 N–H and O–H groups in total. The number of carbonyl (C=O) groups is 1. The van der Waals surface area contributed by atoms with Crippen LogP contribution in [0.4, 0.5) is 5.69 Å². The van der Waals surface area contributed by atoms with E-state index >= 15 is 0 Å². The van der Waals surface area contributed by atoms with Crippen molar-refractivity contribution in [2.24, 2.45) is 5.16 Å². The molecule has 2 aromatic carbocycles. The van der Waals surface area contributed by atoms with Crippen LogP contribution in [0.15, 0.2) is 58.2 Å². The number of rotatable bonds is 4. The lowest BCUT2D eigenvalue weighted by molar-refractivity contribution is -0.384. The third kappa shape index (κ3) is 3.98. The average Bonchev–Trinajstić information content (AvgIpc) is 2.53. The number of non-ortho nitro benzene ring substituents is 1. The Morgan fingerprint density at radius 2 is 1.86 bits per heavy atom. The summed E-state index contributed by atoms with van der Waals surface area (Å²) in [5.41, 5.74) is 1.21. The lowest BCUT2D eigenvalue weighted by Crippen LogP contribution is -2.04. The Labute approximate surface area is 134 Å². The molecule has 0 atom stereocenters. The Morgan fingerprint density at radius 1 is 1.18 bits per heavy atom. The molecule has 0 amide bonds. The van der Waals surface area contributed by atoms with Crippen molar-refractivity contribution >= 4 is 33.3 Å². The van der Waals surface area contributed by atoms with Crippen molar-refractivity contribution in [1.82, 2.24) is 0 Å². The van der Waals surface area contributed by atoms with Crippen LogP contribution in [0.1, 0.15) is 22.8 Å². The van der Waals surface area contributed by atoms with Crippen LogP contribution in [0.25, 0.3) is 0 Å². The summed E-state index contributed by atoms with van der Waals surface area (Å²) < 4.78 is 0.928. The lowest BCUT2D eigenvalue weighted by atomic mass is 10.1. The Morgan fingerprint density at radius 3 is 2.50 bits per heavy atom. The summed E-state index contributed by atoms with van der Waals surface area (Å²) in [7, 11) is 0. The van der Waals surface area contributed by atoms with Crippen LogP contribution < -0.4 is 0 Å². The van der Waals surface area contributed by atoms with Crippen molar-refractivity contribution in [3.05, 3.63) is 74.2 Å². The largest absolute Gasteiger partial charge is 0.365 e. The molecule has 0 saturated carbocycles. The van der Waals surface area contributed by atoms with Crippen LogP contribution >= 0.6 is 15.9 Å². The van der Waals surface area contributed by atoms with Crippen molar-refractivity contribution in [2.45, 2.75) is 6.92 Å². The van der Waals surface area contributed by atoms with Crippen LogP contribution in [0.5, 0.6) is 0 Å². The van der Waals surface area contributed by atoms with Crippen molar-refractivity contribution in [3.8, 4) is 0 Å². The monoisotopic (exact) mass is 362 g/mol. The summed E-state index contributed by atoms with van der Waals surface area (Å²) in [4.78, 5) is 26.8. The normalized spacial score (nSPS) is 11.1. The quantitative estimate of drug-likeness (QED) is 0.357. The summed E-state index contributed by atoms with van der Waals surface area (Å²) in [5, 5.41) is 14.4. The first-order valence-electron chi connectivity index (χ1n) is 6.23. The van der Waals surface area contributed by atoms with E-state index in [4.69, 9.17) is 4.84 Å². The first-order valence-corrected chi connectivity index (χ1v) is 7.03. The number of nitro benzene ring substituents is 1. The second kappa shape index (κ2) is 6.95. The first-order chi connectivity index (χ1) is 10.5. The van der Waals surface area contributed by atoms with Crippen LogP contribution in [0, 0.1) is 10.1 Å². The predicted molar refractivity (Wildman–Crippen MR) is 84.9 cm³/mol. The maximum atomic E-state index is 11.8. The number of nitro groups is 1. The predicted octanol–water partition coefficient (Wildman–Crippen LogP) is 3.94. The van der Waals surface area contributed by atoms with Crippen LogP contribution in [-0.4, -0.2) is 16.6 Å². The van der Waals surface area contributed by atoms with Gasteiger partial charge in [-0.3, -0.25) is 10.1 Å².